The fourth-order valence-electron chi connectivity index (χ4n) is 3.91. The lowest BCUT2D eigenvalue weighted by Crippen LogP contribution is -2.39. The van der Waals surface area contributed by atoms with E-state index in [-0.39, 0.29) is 17.5 Å². The molecule has 1 N–H and O–H groups in total. The average molecular weight is 393 g/mol. The molecule has 1 saturated heterocycles. The van der Waals surface area contributed by atoms with Crippen molar-refractivity contribution < 1.29 is 9.72 Å². The second-order valence-electron chi connectivity index (χ2n) is 7.58. The predicted molar refractivity (Wildman–Crippen MR) is 111 cm³/mol. The molecule has 0 spiro atoms. The molecule has 150 valence electrons. The maximum absolute atomic E-state index is 13.1. The number of aromatic nitrogens is 2. The van der Waals surface area contributed by atoms with E-state index in [4.69, 9.17) is 0 Å². The van der Waals surface area contributed by atoms with Gasteiger partial charge < -0.3 is 14.8 Å². The summed E-state index contributed by atoms with van der Waals surface area (Å²) in [6.45, 7) is 1.18. The van der Waals surface area contributed by atoms with Gasteiger partial charge in [-0.1, -0.05) is 12.1 Å². The van der Waals surface area contributed by atoms with Crippen LogP contribution in [0.15, 0.2) is 42.5 Å². The van der Waals surface area contributed by atoms with Crippen molar-refractivity contribution in [2.45, 2.75) is 18.8 Å². The number of hydrogen-bond donors (Lipinski definition) is 1. The number of para-hydroxylation sites is 2. The number of nitro benzene ring substituents is 1. The van der Waals surface area contributed by atoms with E-state index in [1.165, 1.54) is 6.07 Å². The largest absolute Gasteiger partial charge is 0.372 e. The molecule has 1 aliphatic heterocycles. The van der Waals surface area contributed by atoms with Crippen molar-refractivity contribution in [3.05, 3.63) is 64.0 Å². The number of nitrogens with zero attached hydrogens (tertiary/aromatic N) is 4. The van der Waals surface area contributed by atoms with E-state index in [1.807, 2.05) is 24.3 Å². The third kappa shape index (κ3) is 3.65. The zero-order valence-corrected chi connectivity index (χ0v) is 16.5. The topological polar surface area (TPSA) is 95.4 Å². The summed E-state index contributed by atoms with van der Waals surface area (Å²) in [6, 6.07) is 12.5. The lowest BCUT2D eigenvalue weighted by molar-refractivity contribution is -0.384. The first-order valence-corrected chi connectivity index (χ1v) is 9.63. The Bertz CT molecular complexity index is 1040. The number of rotatable bonds is 4. The molecular weight excluding hydrogens is 370 g/mol. The van der Waals surface area contributed by atoms with Gasteiger partial charge >= 0.3 is 0 Å². The predicted octanol–water partition coefficient (Wildman–Crippen LogP) is 3.56. The third-order valence-electron chi connectivity index (χ3n) is 5.40. The zero-order chi connectivity index (χ0) is 20.5. The van der Waals surface area contributed by atoms with Gasteiger partial charge in [-0.25, -0.2) is 4.98 Å². The SMILES string of the molecule is CN(C)c1ccc(C(=O)N2CCC[C@@H](c3nc4ccccc4[nH]3)C2)cc1[N+](=O)[O-]. The van der Waals surface area contributed by atoms with Crippen LogP contribution in [0.2, 0.25) is 0 Å². The quantitative estimate of drug-likeness (QED) is 0.540. The van der Waals surface area contributed by atoms with E-state index in [9.17, 15) is 14.9 Å². The van der Waals surface area contributed by atoms with Gasteiger partial charge in [0.2, 0.25) is 0 Å². The standard InChI is InChI=1S/C21H23N5O3/c1-24(2)18-10-9-14(12-19(18)26(28)29)21(27)25-11-5-6-15(13-25)20-22-16-7-3-4-8-17(16)23-20/h3-4,7-10,12,15H,5-6,11,13H2,1-2H3,(H,22,23)/t15-/m1/s1. The minimum absolute atomic E-state index is 0.0632. The Balaban J connectivity index is 1.57. The van der Waals surface area contributed by atoms with E-state index in [0.717, 1.165) is 29.7 Å². The Morgan fingerprint density at radius 3 is 2.79 bits per heavy atom. The molecule has 0 bridgehead atoms. The summed E-state index contributed by atoms with van der Waals surface area (Å²) in [5, 5.41) is 11.4. The molecule has 0 aliphatic carbocycles. The van der Waals surface area contributed by atoms with Crippen molar-refractivity contribution in [1.29, 1.82) is 0 Å². The second kappa shape index (κ2) is 7.54. The maximum Gasteiger partial charge on any atom is 0.293 e. The van der Waals surface area contributed by atoms with Crippen molar-refractivity contribution in [3.63, 3.8) is 0 Å². The molecule has 3 aromatic rings. The summed E-state index contributed by atoms with van der Waals surface area (Å²) < 4.78 is 0. The van der Waals surface area contributed by atoms with Gasteiger partial charge in [0.25, 0.3) is 11.6 Å². The maximum atomic E-state index is 13.1. The number of amides is 1. The zero-order valence-electron chi connectivity index (χ0n) is 16.5. The lowest BCUT2D eigenvalue weighted by Gasteiger charge is -2.32. The number of likely N-dealkylation sites (tertiary alicyclic amines) is 1. The molecule has 0 radical (unpaired) electrons. The number of carbonyl (C=O) groups excluding carboxylic acids is 1. The number of H-pyrrole nitrogens is 1. The molecule has 2 heterocycles. The number of fused-ring (bicyclic) bond motifs is 1. The van der Waals surface area contributed by atoms with Gasteiger partial charge in [-0.15, -0.1) is 0 Å². The summed E-state index contributed by atoms with van der Waals surface area (Å²) in [6.07, 6.45) is 1.81. The Labute approximate surface area is 168 Å². The third-order valence-corrected chi connectivity index (χ3v) is 5.40. The first-order valence-electron chi connectivity index (χ1n) is 9.63. The van der Waals surface area contributed by atoms with Crippen LogP contribution >= 0.6 is 0 Å². The Kier molecular flexibility index (Phi) is 4.92. The van der Waals surface area contributed by atoms with Gasteiger partial charge in [0, 0.05) is 44.7 Å². The van der Waals surface area contributed by atoms with Crippen LogP contribution in [0, 0.1) is 10.1 Å². The van der Waals surface area contributed by atoms with Crippen LogP contribution in [0.3, 0.4) is 0 Å². The minimum Gasteiger partial charge on any atom is -0.372 e. The smallest absolute Gasteiger partial charge is 0.293 e. The highest BCUT2D eigenvalue weighted by atomic mass is 16.6. The molecule has 4 rings (SSSR count). The number of aromatic amines is 1. The van der Waals surface area contributed by atoms with Gasteiger partial charge in [0.05, 0.1) is 16.0 Å². The molecule has 29 heavy (non-hydrogen) atoms. The van der Waals surface area contributed by atoms with Crippen LogP contribution in [0.5, 0.6) is 0 Å². The number of nitro groups is 1. The molecule has 8 heteroatoms. The van der Waals surface area contributed by atoms with Crippen LogP contribution in [0.1, 0.15) is 34.9 Å². The highest BCUT2D eigenvalue weighted by Crippen LogP contribution is 2.31. The van der Waals surface area contributed by atoms with Crippen LogP contribution in [-0.4, -0.2) is 52.9 Å². The van der Waals surface area contributed by atoms with E-state index in [0.29, 0.717) is 24.3 Å². The normalized spacial score (nSPS) is 16.8. The Morgan fingerprint density at radius 2 is 2.07 bits per heavy atom. The lowest BCUT2D eigenvalue weighted by atomic mass is 9.96. The van der Waals surface area contributed by atoms with Gasteiger partial charge in [-0.3, -0.25) is 14.9 Å². The number of carbonyl (C=O) groups is 1. The van der Waals surface area contributed by atoms with E-state index < -0.39 is 4.92 Å². The number of anilines is 1. The van der Waals surface area contributed by atoms with Crippen molar-refractivity contribution in [3.8, 4) is 0 Å². The number of benzene rings is 2. The molecule has 1 fully saturated rings. The minimum atomic E-state index is -0.445. The fraction of sp³-hybridized carbons (Fsp3) is 0.333. The van der Waals surface area contributed by atoms with Crippen molar-refractivity contribution in [2.75, 3.05) is 32.1 Å². The number of imidazole rings is 1. The fourth-order valence-corrected chi connectivity index (χ4v) is 3.91. The van der Waals surface area contributed by atoms with Crippen LogP contribution in [0.4, 0.5) is 11.4 Å². The molecule has 0 unspecified atom stereocenters. The Morgan fingerprint density at radius 1 is 1.28 bits per heavy atom. The summed E-state index contributed by atoms with van der Waals surface area (Å²) in [4.78, 5) is 35.6. The van der Waals surface area contributed by atoms with Crippen LogP contribution < -0.4 is 4.90 Å². The highest BCUT2D eigenvalue weighted by molar-refractivity contribution is 5.96. The molecule has 2 aromatic carbocycles. The first-order chi connectivity index (χ1) is 13.9. The highest BCUT2D eigenvalue weighted by Gasteiger charge is 2.28. The first kappa shape index (κ1) is 18.9. The van der Waals surface area contributed by atoms with E-state index in [2.05, 4.69) is 9.97 Å². The summed E-state index contributed by atoms with van der Waals surface area (Å²) in [5.41, 5.74) is 2.66. The van der Waals surface area contributed by atoms with E-state index in [1.54, 1.807) is 36.0 Å². The monoisotopic (exact) mass is 393 g/mol. The van der Waals surface area contributed by atoms with Gasteiger partial charge in [0.1, 0.15) is 11.5 Å². The Hall–Kier alpha value is -3.42. The number of hydrogen-bond acceptors (Lipinski definition) is 5. The number of nitrogens with one attached hydrogen (secondary N) is 1. The van der Waals surface area contributed by atoms with Crippen molar-refractivity contribution in [2.24, 2.45) is 0 Å². The van der Waals surface area contributed by atoms with Gasteiger partial charge in [-0.05, 0) is 37.1 Å². The molecule has 1 aliphatic rings. The summed E-state index contributed by atoms with van der Waals surface area (Å²) in [7, 11) is 3.48. The van der Waals surface area contributed by atoms with Crippen LogP contribution in [0.25, 0.3) is 11.0 Å². The van der Waals surface area contributed by atoms with Gasteiger partial charge in [0.15, 0.2) is 0 Å². The number of piperidine rings is 1. The van der Waals surface area contributed by atoms with E-state index >= 15 is 0 Å². The molecule has 1 atom stereocenters. The molecule has 8 nitrogen and oxygen atoms in total. The van der Waals surface area contributed by atoms with Crippen LogP contribution in [-0.2, 0) is 0 Å². The summed E-state index contributed by atoms with van der Waals surface area (Å²) in [5.74, 6) is 0.827. The molecule has 1 amide bonds. The van der Waals surface area contributed by atoms with Crippen molar-refractivity contribution >= 4 is 28.3 Å². The average Bonchev–Trinajstić information content (AvgIpc) is 3.17. The molecule has 1 aromatic heterocycles. The molecular formula is C21H23N5O3. The summed E-state index contributed by atoms with van der Waals surface area (Å²) >= 11 is 0. The van der Waals surface area contributed by atoms with Gasteiger partial charge in [-0.2, -0.15) is 0 Å². The molecule has 0 saturated carbocycles. The second-order valence-corrected chi connectivity index (χ2v) is 7.58. The van der Waals surface area contributed by atoms with Crippen molar-refractivity contribution in [1.82, 2.24) is 14.9 Å².